The number of benzene rings is 1. The summed E-state index contributed by atoms with van der Waals surface area (Å²) < 4.78 is 5.05. The van der Waals surface area contributed by atoms with Gasteiger partial charge in [-0.3, -0.25) is 4.79 Å². The largest absolute Gasteiger partial charge is 0.440 e. The molecule has 0 saturated carbocycles. The maximum Gasteiger partial charge on any atom is 0.255 e. The molecule has 82 valence electrons. The summed E-state index contributed by atoms with van der Waals surface area (Å²) in [6, 6.07) is 7.57. The molecule has 0 aliphatic heterocycles. The molecule has 0 aliphatic rings. The van der Waals surface area contributed by atoms with Gasteiger partial charge in [-0.25, -0.2) is 4.98 Å². The molecule has 0 atom stereocenters. The maximum atomic E-state index is 11.9. The van der Waals surface area contributed by atoms with Crippen molar-refractivity contribution in [2.75, 3.05) is 5.75 Å². The molecule has 0 bridgehead atoms. The normalized spacial score (nSPS) is 10.3. The van der Waals surface area contributed by atoms with Gasteiger partial charge in [0.2, 0.25) is 0 Å². The predicted molar refractivity (Wildman–Crippen MR) is 62.7 cm³/mol. The summed E-state index contributed by atoms with van der Waals surface area (Å²) >= 11 is 1.31. The molecular formula is C12H11NO2S. The number of ketones is 1. The molecule has 0 radical (unpaired) electrons. The highest BCUT2D eigenvalue weighted by atomic mass is 32.2. The highest BCUT2D eigenvalue weighted by Gasteiger charge is 2.10. The summed E-state index contributed by atoms with van der Waals surface area (Å²) in [4.78, 5) is 15.8. The zero-order valence-corrected chi connectivity index (χ0v) is 9.66. The van der Waals surface area contributed by atoms with Crippen LogP contribution in [0.3, 0.4) is 0 Å². The molecule has 1 aromatic heterocycles. The van der Waals surface area contributed by atoms with Crippen molar-refractivity contribution in [3.05, 3.63) is 47.9 Å². The van der Waals surface area contributed by atoms with Crippen molar-refractivity contribution in [3.8, 4) is 0 Å². The van der Waals surface area contributed by atoms with Crippen LogP contribution in [0.15, 0.2) is 46.4 Å². The number of aromatic nitrogens is 1. The van der Waals surface area contributed by atoms with Crippen LogP contribution in [-0.4, -0.2) is 16.5 Å². The van der Waals surface area contributed by atoms with Crippen LogP contribution < -0.4 is 0 Å². The Morgan fingerprint density at radius 2 is 2.25 bits per heavy atom. The Balaban J connectivity index is 2.01. The van der Waals surface area contributed by atoms with E-state index in [1.807, 2.05) is 31.2 Å². The fourth-order valence-electron chi connectivity index (χ4n) is 1.37. The van der Waals surface area contributed by atoms with Crippen molar-refractivity contribution in [1.82, 2.24) is 4.98 Å². The molecule has 16 heavy (non-hydrogen) atoms. The third-order valence-electron chi connectivity index (χ3n) is 2.18. The van der Waals surface area contributed by atoms with Crippen molar-refractivity contribution in [3.63, 3.8) is 0 Å². The van der Waals surface area contributed by atoms with Crippen LogP contribution in [0.1, 0.15) is 15.9 Å². The Morgan fingerprint density at radius 1 is 1.44 bits per heavy atom. The van der Waals surface area contributed by atoms with E-state index in [1.165, 1.54) is 18.0 Å². The minimum absolute atomic E-state index is 0.0984. The van der Waals surface area contributed by atoms with Gasteiger partial charge in [-0.15, -0.1) is 0 Å². The fourth-order valence-corrected chi connectivity index (χ4v) is 2.04. The molecule has 0 aliphatic carbocycles. The number of thioether (sulfide) groups is 1. The van der Waals surface area contributed by atoms with E-state index in [2.05, 4.69) is 4.98 Å². The number of aryl methyl sites for hydroxylation is 1. The molecule has 1 aromatic carbocycles. The number of Topliss-reactive ketones (excluding diaryl/α,β-unsaturated/α-hetero) is 1. The quantitative estimate of drug-likeness (QED) is 0.601. The van der Waals surface area contributed by atoms with Gasteiger partial charge in [0.15, 0.2) is 5.78 Å². The van der Waals surface area contributed by atoms with E-state index in [0.717, 1.165) is 11.1 Å². The highest BCUT2D eigenvalue weighted by Crippen LogP contribution is 2.17. The number of carbonyl (C=O) groups is 1. The molecular weight excluding hydrogens is 222 g/mol. The second-order valence-corrected chi connectivity index (χ2v) is 4.25. The van der Waals surface area contributed by atoms with Crippen LogP contribution in [0.5, 0.6) is 0 Å². The number of hydrogen-bond acceptors (Lipinski definition) is 4. The lowest BCUT2D eigenvalue weighted by atomic mass is 10.1. The SMILES string of the molecule is Cc1ccccc1C(=O)CSc1ncco1. The Labute approximate surface area is 97.9 Å². The molecule has 2 rings (SSSR count). The fraction of sp³-hybridized carbons (Fsp3) is 0.167. The van der Waals surface area contributed by atoms with Crippen molar-refractivity contribution in [1.29, 1.82) is 0 Å². The van der Waals surface area contributed by atoms with Crippen molar-refractivity contribution < 1.29 is 9.21 Å². The van der Waals surface area contributed by atoms with Crippen molar-refractivity contribution in [2.24, 2.45) is 0 Å². The second kappa shape index (κ2) is 4.99. The maximum absolute atomic E-state index is 11.9. The number of nitrogens with zero attached hydrogens (tertiary/aromatic N) is 1. The van der Waals surface area contributed by atoms with Gasteiger partial charge in [-0.1, -0.05) is 36.0 Å². The average Bonchev–Trinajstić information content (AvgIpc) is 2.79. The Bertz CT molecular complexity index is 480. The molecule has 1 heterocycles. The van der Waals surface area contributed by atoms with Gasteiger partial charge in [0.05, 0.1) is 11.9 Å². The summed E-state index contributed by atoms with van der Waals surface area (Å²) in [5.74, 6) is 0.451. The minimum Gasteiger partial charge on any atom is -0.440 e. The lowest BCUT2D eigenvalue weighted by molar-refractivity contribution is 0.102. The summed E-state index contributed by atoms with van der Waals surface area (Å²) in [7, 11) is 0. The van der Waals surface area contributed by atoms with Gasteiger partial charge in [-0.05, 0) is 12.5 Å². The van der Waals surface area contributed by atoms with Gasteiger partial charge in [0.1, 0.15) is 6.26 Å². The van der Waals surface area contributed by atoms with Crippen molar-refractivity contribution >= 4 is 17.5 Å². The van der Waals surface area contributed by atoms with Gasteiger partial charge >= 0.3 is 0 Å². The first-order chi connectivity index (χ1) is 7.77. The molecule has 0 amide bonds. The third-order valence-corrected chi connectivity index (χ3v) is 3.04. The van der Waals surface area contributed by atoms with Crippen LogP contribution in [0.2, 0.25) is 0 Å². The number of oxazole rings is 1. The Hall–Kier alpha value is -1.55. The summed E-state index contributed by atoms with van der Waals surface area (Å²) in [6.45, 7) is 1.93. The molecule has 3 nitrogen and oxygen atoms in total. The summed E-state index contributed by atoms with van der Waals surface area (Å²) in [6.07, 6.45) is 3.07. The smallest absolute Gasteiger partial charge is 0.255 e. The van der Waals surface area contributed by atoms with Gasteiger partial charge in [0.25, 0.3) is 5.22 Å². The first-order valence-corrected chi connectivity index (χ1v) is 5.87. The highest BCUT2D eigenvalue weighted by molar-refractivity contribution is 7.99. The lowest BCUT2D eigenvalue weighted by Crippen LogP contribution is -2.04. The van der Waals surface area contributed by atoms with Gasteiger partial charge in [0, 0.05) is 5.56 Å². The monoisotopic (exact) mass is 233 g/mol. The molecule has 0 N–H and O–H groups in total. The number of carbonyl (C=O) groups excluding carboxylic acids is 1. The van der Waals surface area contributed by atoms with Crippen LogP contribution >= 0.6 is 11.8 Å². The van der Waals surface area contributed by atoms with Crippen LogP contribution in [0.4, 0.5) is 0 Å². The van der Waals surface area contributed by atoms with Crippen LogP contribution in [0.25, 0.3) is 0 Å². The topological polar surface area (TPSA) is 43.1 Å². The first kappa shape index (κ1) is 11.0. The summed E-state index contributed by atoms with van der Waals surface area (Å²) in [5, 5.41) is 0.530. The van der Waals surface area contributed by atoms with Crippen LogP contribution in [-0.2, 0) is 0 Å². The second-order valence-electron chi connectivity index (χ2n) is 3.32. The van der Waals surface area contributed by atoms with E-state index in [9.17, 15) is 4.79 Å². The van der Waals surface area contributed by atoms with E-state index < -0.39 is 0 Å². The van der Waals surface area contributed by atoms with E-state index in [0.29, 0.717) is 11.0 Å². The third kappa shape index (κ3) is 2.52. The average molecular weight is 233 g/mol. The molecule has 0 fully saturated rings. The van der Waals surface area contributed by atoms with E-state index >= 15 is 0 Å². The molecule has 0 spiro atoms. The zero-order chi connectivity index (χ0) is 11.4. The van der Waals surface area contributed by atoms with E-state index in [4.69, 9.17) is 4.42 Å². The van der Waals surface area contributed by atoms with Gasteiger partial charge < -0.3 is 4.42 Å². The first-order valence-electron chi connectivity index (χ1n) is 4.88. The Morgan fingerprint density at radius 3 is 2.94 bits per heavy atom. The van der Waals surface area contributed by atoms with E-state index in [1.54, 1.807) is 6.20 Å². The zero-order valence-electron chi connectivity index (χ0n) is 8.84. The molecule has 0 unspecified atom stereocenters. The lowest BCUT2D eigenvalue weighted by Gasteiger charge is -2.02. The number of hydrogen-bond donors (Lipinski definition) is 0. The number of rotatable bonds is 4. The van der Waals surface area contributed by atoms with Crippen molar-refractivity contribution in [2.45, 2.75) is 12.1 Å². The minimum atomic E-state index is 0.0984. The molecule has 0 saturated heterocycles. The molecule has 4 heteroatoms. The summed E-state index contributed by atoms with van der Waals surface area (Å²) in [5.41, 5.74) is 1.77. The predicted octanol–water partition coefficient (Wildman–Crippen LogP) is 2.96. The molecule has 2 aromatic rings. The standard InChI is InChI=1S/C12H11NO2S/c1-9-4-2-3-5-10(9)11(14)8-16-12-13-6-7-15-12/h2-7H,8H2,1H3. The van der Waals surface area contributed by atoms with Gasteiger partial charge in [-0.2, -0.15) is 0 Å². The van der Waals surface area contributed by atoms with Crippen LogP contribution in [0, 0.1) is 6.92 Å². The van der Waals surface area contributed by atoms with E-state index in [-0.39, 0.29) is 5.78 Å². The Kier molecular flexibility index (Phi) is 3.41.